The van der Waals surface area contributed by atoms with Crippen molar-refractivity contribution in [3.8, 4) is 11.5 Å². The lowest BCUT2D eigenvalue weighted by molar-refractivity contribution is -0.140. The Morgan fingerprint density at radius 2 is 1.96 bits per heavy atom. The quantitative estimate of drug-likeness (QED) is 0.821. The smallest absolute Gasteiger partial charge is 0.251 e. The third-order valence-electron chi connectivity index (χ3n) is 5.04. The van der Waals surface area contributed by atoms with Crippen LogP contribution in [-0.2, 0) is 16.1 Å². The van der Waals surface area contributed by atoms with E-state index in [1.807, 2.05) is 17.0 Å². The molecule has 0 spiro atoms. The van der Waals surface area contributed by atoms with Crippen LogP contribution in [0.1, 0.15) is 24.8 Å². The largest absolute Gasteiger partial charge is 0.454 e. The van der Waals surface area contributed by atoms with Crippen LogP contribution in [0.3, 0.4) is 0 Å². The summed E-state index contributed by atoms with van der Waals surface area (Å²) >= 11 is 6.39. The van der Waals surface area contributed by atoms with E-state index < -0.39 is 0 Å². The van der Waals surface area contributed by atoms with Gasteiger partial charge in [-0.3, -0.25) is 9.69 Å². The lowest BCUT2D eigenvalue weighted by atomic mass is 10.2. The van der Waals surface area contributed by atoms with E-state index in [2.05, 4.69) is 4.90 Å². The van der Waals surface area contributed by atoms with Crippen LogP contribution in [0.25, 0.3) is 0 Å². The van der Waals surface area contributed by atoms with Gasteiger partial charge in [0.25, 0.3) is 5.91 Å². The van der Waals surface area contributed by atoms with Crippen molar-refractivity contribution in [2.24, 2.45) is 0 Å². The van der Waals surface area contributed by atoms with E-state index in [1.54, 1.807) is 0 Å². The van der Waals surface area contributed by atoms with Gasteiger partial charge in [0.05, 0.1) is 0 Å². The summed E-state index contributed by atoms with van der Waals surface area (Å²) in [6.07, 6.45) is 2.57. The zero-order valence-corrected chi connectivity index (χ0v) is 15.0. The maximum atomic E-state index is 12.5. The lowest BCUT2D eigenvalue weighted by Crippen LogP contribution is -2.41. The molecule has 0 unspecified atom stereocenters. The molecule has 4 rings (SSSR count). The SMILES string of the molecule is O=C([C@H]1CCCO1)N1CCCN(Cc2cc3c(cc2Cl)OCO3)CC1. The van der Waals surface area contributed by atoms with Gasteiger partial charge in [0.1, 0.15) is 6.10 Å². The van der Waals surface area contributed by atoms with Gasteiger partial charge in [0.15, 0.2) is 11.5 Å². The maximum Gasteiger partial charge on any atom is 0.251 e. The molecule has 1 amide bonds. The van der Waals surface area contributed by atoms with E-state index in [9.17, 15) is 4.79 Å². The molecule has 0 N–H and O–H groups in total. The van der Waals surface area contributed by atoms with Crippen LogP contribution in [0.4, 0.5) is 0 Å². The van der Waals surface area contributed by atoms with Crippen molar-refractivity contribution in [2.45, 2.75) is 31.9 Å². The molecule has 1 aromatic rings. The van der Waals surface area contributed by atoms with Gasteiger partial charge < -0.3 is 19.1 Å². The number of hydrogen-bond acceptors (Lipinski definition) is 5. The minimum atomic E-state index is -0.227. The molecule has 25 heavy (non-hydrogen) atoms. The molecule has 6 nitrogen and oxygen atoms in total. The summed E-state index contributed by atoms with van der Waals surface area (Å²) in [6, 6.07) is 3.79. The molecule has 0 radical (unpaired) electrons. The molecule has 3 aliphatic rings. The summed E-state index contributed by atoms with van der Waals surface area (Å²) < 4.78 is 16.3. The highest BCUT2D eigenvalue weighted by Gasteiger charge is 2.29. The van der Waals surface area contributed by atoms with Gasteiger partial charge in [0.2, 0.25) is 6.79 Å². The average molecular weight is 367 g/mol. The predicted octanol–water partition coefficient (Wildman–Crippen LogP) is 2.28. The van der Waals surface area contributed by atoms with E-state index in [-0.39, 0.29) is 18.8 Å². The van der Waals surface area contributed by atoms with Crippen molar-refractivity contribution in [1.29, 1.82) is 0 Å². The number of hydrogen-bond donors (Lipinski definition) is 0. The molecule has 136 valence electrons. The Balaban J connectivity index is 1.37. The summed E-state index contributed by atoms with van der Waals surface area (Å²) in [5, 5.41) is 0.695. The van der Waals surface area contributed by atoms with Crippen molar-refractivity contribution >= 4 is 17.5 Å². The Hall–Kier alpha value is -1.50. The number of amides is 1. The van der Waals surface area contributed by atoms with Crippen LogP contribution < -0.4 is 9.47 Å². The zero-order chi connectivity index (χ0) is 17.2. The fourth-order valence-electron chi connectivity index (χ4n) is 3.65. The second kappa shape index (κ2) is 7.40. The van der Waals surface area contributed by atoms with Crippen LogP contribution in [0, 0.1) is 0 Å². The molecule has 2 saturated heterocycles. The van der Waals surface area contributed by atoms with E-state index in [0.29, 0.717) is 17.4 Å². The molecule has 1 aromatic carbocycles. The Bertz CT molecular complexity index is 648. The van der Waals surface area contributed by atoms with Gasteiger partial charge in [-0.2, -0.15) is 0 Å². The third-order valence-corrected chi connectivity index (χ3v) is 5.39. The first-order valence-electron chi connectivity index (χ1n) is 8.91. The highest BCUT2D eigenvalue weighted by atomic mass is 35.5. The number of carbonyl (C=O) groups excluding carboxylic acids is 1. The molecule has 7 heteroatoms. The number of fused-ring (bicyclic) bond motifs is 1. The van der Waals surface area contributed by atoms with Crippen molar-refractivity contribution in [2.75, 3.05) is 39.6 Å². The Morgan fingerprint density at radius 1 is 1.12 bits per heavy atom. The summed E-state index contributed by atoms with van der Waals surface area (Å²) in [4.78, 5) is 16.8. The normalized spacial score (nSPS) is 23.7. The Kier molecular flexibility index (Phi) is 5.01. The summed E-state index contributed by atoms with van der Waals surface area (Å²) in [5.41, 5.74) is 1.03. The van der Waals surface area contributed by atoms with Gasteiger partial charge in [-0.15, -0.1) is 0 Å². The second-order valence-corrected chi connectivity index (χ2v) is 7.16. The summed E-state index contributed by atoms with van der Waals surface area (Å²) in [5.74, 6) is 1.61. The predicted molar refractivity (Wildman–Crippen MR) is 93.0 cm³/mol. The fraction of sp³-hybridized carbons (Fsp3) is 0.611. The minimum Gasteiger partial charge on any atom is -0.454 e. The number of carbonyl (C=O) groups is 1. The van der Waals surface area contributed by atoms with Crippen LogP contribution in [0.5, 0.6) is 11.5 Å². The second-order valence-electron chi connectivity index (χ2n) is 6.75. The van der Waals surface area contributed by atoms with E-state index >= 15 is 0 Å². The molecule has 2 fully saturated rings. The topological polar surface area (TPSA) is 51.2 Å². The van der Waals surface area contributed by atoms with Gasteiger partial charge >= 0.3 is 0 Å². The molecule has 0 saturated carbocycles. The maximum absolute atomic E-state index is 12.5. The molecular formula is C18H23ClN2O4. The molecule has 0 bridgehead atoms. The van der Waals surface area contributed by atoms with E-state index in [0.717, 1.165) is 63.3 Å². The molecule has 0 aliphatic carbocycles. The van der Waals surface area contributed by atoms with Crippen molar-refractivity contribution in [3.05, 3.63) is 22.7 Å². The third kappa shape index (κ3) is 3.71. The zero-order valence-electron chi connectivity index (χ0n) is 14.2. The van der Waals surface area contributed by atoms with E-state index in [4.69, 9.17) is 25.8 Å². The first kappa shape index (κ1) is 16.9. The number of rotatable bonds is 3. The Morgan fingerprint density at radius 3 is 2.76 bits per heavy atom. The van der Waals surface area contributed by atoms with Crippen molar-refractivity contribution < 1.29 is 19.0 Å². The number of benzene rings is 1. The first-order valence-corrected chi connectivity index (χ1v) is 9.29. The van der Waals surface area contributed by atoms with Crippen molar-refractivity contribution in [3.63, 3.8) is 0 Å². The molecular weight excluding hydrogens is 344 g/mol. The molecule has 3 aliphatic heterocycles. The molecule has 3 heterocycles. The summed E-state index contributed by atoms with van der Waals surface area (Å²) in [7, 11) is 0. The molecule has 0 aromatic heterocycles. The average Bonchev–Trinajstić information content (AvgIpc) is 3.23. The van der Waals surface area contributed by atoms with Crippen LogP contribution >= 0.6 is 11.6 Å². The summed E-state index contributed by atoms with van der Waals surface area (Å²) in [6.45, 7) is 5.02. The highest BCUT2D eigenvalue weighted by Crippen LogP contribution is 2.37. The van der Waals surface area contributed by atoms with Gasteiger partial charge in [-0.05, 0) is 30.9 Å². The number of nitrogens with zero attached hydrogens (tertiary/aromatic N) is 2. The number of halogens is 1. The standard InChI is InChI=1S/C18H23ClN2O4/c19-14-10-17-16(24-12-25-17)9-13(14)11-20-4-2-5-21(7-6-20)18(22)15-3-1-8-23-15/h9-10,15H,1-8,11-12H2/t15-/m1/s1. The van der Waals surface area contributed by atoms with Gasteiger partial charge in [-0.25, -0.2) is 0 Å². The first-order chi connectivity index (χ1) is 12.2. The minimum absolute atomic E-state index is 0.153. The van der Waals surface area contributed by atoms with Gasteiger partial charge in [0, 0.05) is 50.4 Å². The van der Waals surface area contributed by atoms with Crippen molar-refractivity contribution in [1.82, 2.24) is 9.80 Å². The van der Waals surface area contributed by atoms with E-state index in [1.165, 1.54) is 0 Å². The highest BCUT2D eigenvalue weighted by molar-refractivity contribution is 6.31. The van der Waals surface area contributed by atoms with Crippen LogP contribution in [0.15, 0.2) is 12.1 Å². The van der Waals surface area contributed by atoms with Crippen LogP contribution in [-0.4, -0.2) is 61.4 Å². The lowest BCUT2D eigenvalue weighted by Gasteiger charge is -2.24. The number of ether oxygens (including phenoxy) is 3. The molecule has 1 atom stereocenters. The van der Waals surface area contributed by atoms with Crippen LogP contribution in [0.2, 0.25) is 5.02 Å². The monoisotopic (exact) mass is 366 g/mol. The fourth-order valence-corrected chi connectivity index (χ4v) is 3.86. The van der Waals surface area contributed by atoms with Gasteiger partial charge in [-0.1, -0.05) is 11.6 Å². The Labute approximate surface area is 152 Å².